The van der Waals surface area contributed by atoms with Gasteiger partial charge < -0.3 is 4.90 Å². The number of nitrogens with zero attached hydrogens (tertiary/aromatic N) is 3. The zero-order valence-corrected chi connectivity index (χ0v) is 11.5. The van der Waals surface area contributed by atoms with Crippen LogP contribution in [0.3, 0.4) is 0 Å². The van der Waals surface area contributed by atoms with Gasteiger partial charge in [-0.25, -0.2) is 0 Å². The summed E-state index contributed by atoms with van der Waals surface area (Å²) in [7, 11) is 0. The molecule has 0 aromatic rings. The molecule has 7 heteroatoms. The molecule has 20 heavy (non-hydrogen) atoms. The lowest BCUT2D eigenvalue weighted by Crippen LogP contribution is -2.49. The highest BCUT2D eigenvalue weighted by Gasteiger charge is 2.32. The fourth-order valence-electron chi connectivity index (χ4n) is 2.46. The van der Waals surface area contributed by atoms with E-state index in [2.05, 4.69) is 16.3 Å². The average Bonchev–Trinajstić information content (AvgIpc) is 3.18. The van der Waals surface area contributed by atoms with E-state index in [0.717, 1.165) is 25.8 Å². The zero-order valence-electron chi connectivity index (χ0n) is 11.5. The molecule has 0 aromatic heterocycles. The molecule has 1 heterocycles. The van der Waals surface area contributed by atoms with Crippen LogP contribution in [0.25, 0.3) is 0 Å². The highest BCUT2D eigenvalue weighted by molar-refractivity contribution is 4.96. The quantitative estimate of drug-likeness (QED) is 0.798. The molecule has 2 aliphatic rings. The Morgan fingerprint density at radius 1 is 1.15 bits per heavy atom. The molecule has 0 bridgehead atoms. The smallest absolute Gasteiger partial charge is 0.301 e. The van der Waals surface area contributed by atoms with Crippen LogP contribution in [0.4, 0.5) is 13.2 Å². The van der Waals surface area contributed by atoms with Crippen molar-refractivity contribution in [2.45, 2.75) is 37.5 Å². The van der Waals surface area contributed by atoms with Crippen LogP contribution >= 0.6 is 0 Å². The van der Waals surface area contributed by atoms with Crippen LogP contribution in [0.15, 0.2) is 0 Å². The Labute approximate surface area is 117 Å². The van der Waals surface area contributed by atoms with E-state index in [9.17, 15) is 13.2 Å². The van der Waals surface area contributed by atoms with E-state index in [1.54, 1.807) is 0 Å². The summed E-state index contributed by atoms with van der Waals surface area (Å²) in [4.78, 5) is 3.59. The van der Waals surface area contributed by atoms with Gasteiger partial charge in [-0.05, 0) is 19.3 Å². The fraction of sp³-hybridized carbons (Fsp3) is 0.923. The van der Waals surface area contributed by atoms with Crippen molar-refractivity contribution in [3.05, 3.63) is 0 Å². The third-order valence-corrected chi connectivity index (χ3v) is 3.77. The molecule has 1 aliphatic heterocycles. The van der Waals surface area contributed by atoms with Crippen molar-refractivity contribution in [2.75, 3.05) is 39.3 Å². The van der Waals surface area contributed by atoms with Crippen LogP contribution in [0.2, 0.25) is 0 Å². The number of piperazine rings is 1. The third-order valence-electron chi connectivity index (χ3n) is 3.77. The van der Waals surface area contributed by atoms with Crippen molar-refractivity contribution < 1.29 is 13.2 Å². The maximum atomic E-state index is 12.3. The van der Waals surface area contributed by atoms with Crippen molar-refractivity contribution in [2.24, 2.45) is 0 Å². The Kier molecular flexibility index (Phi) is 5.24. The van der Waals surface area contributed by atoms with Gasteiger partial charge in [0.05, 0.1) is 18.7 Å². The van der Waals surface area contributed by atoms with Crippen molar-refractivity contribution in [1.29, 1.82) is 5.26 Å². The Morgan fingerprint density at radius 2 is 1.75 bits per heavy atom. The summed E-state index contributed by atoms with van der Waals surface area (Å²) in [6, 6.07) is 2.63. The molecule has 0 aromatic carbocycles. The number of halogens is 3. The molecule has 1 saturated heterocycles. The number of nitriles is 1. The summed E-state index contributed by atoms with van der Waals surface area (Å²) in [6.45, 7) is 2.16. The van der Waals surface area contributed by atoms with Crippen molar-refractivity contribution in [1.82, 2.24) is 15.1 Å². The van der Waals surface area contributed by atoms with Gasteiger partial charge in [-0.3, -0.25) is 10.2 Å². The van der Waals surface area contributed by atoms with Gasteiger partial charge in [0.1, 0.15) is 0 Å². The minimum absolute atomic E-state index is 0.129. The normalized spacial score (nSPS) is 23.5. The SMILES string of the molecule is N#CC(CCN1CCN(CC(F)(F)F)CC1)NC1CC1. The summed E-state index contributed by atoms with van der Waals surface area (Å²) >= 11 is 0. The number of hydrogen-bond acceptors (Lipinski definition) is 4. The molecule has 1 aliphatic carbocycles. The predicted molar refractivity (Wildman–Crippen MR) is 69.1 cm³/mol. The van der Waals surface area contributed by atoms with E-state index in [-0.39, 0.29) is 6.04 Å². The minimum atomic E-state index is -4.11. The van der Waals surface area contributed by atoms with Gasteiger partial charge >= 0.3 is 6.18 Å². The Hall–Kier alpha value is -0.840. The van der Waals surface area contributed by atoms with E-state index in [1.165, 1.54) is 4.90 Å². The molecule has 1 saturated carbocycles. The Bertz CT molecular complexity index is 341. The van der Waals surface area contributed by atoms with E-state index < -0.39 is 12.7 Å². The summed E-state index contributed by atoms with van der Waals surface area (Å²) < 4.78 is 36.8. The zero-order chi connectivity index (χ0) is 14.6. The number of alkyl halides is 3. The van der Waals surface area contributed by atoms with Crippen LogP contribution in [0, 0.1) is 11.3 Å². The van der Waals surface area contributed by atoms with Gasteiger partial charge in [-0.2, -0.15) is 18.4 Å². The Morgan fingerprint density at radius 3 is 2.25 bits per heavy atom. The molecule has 0 spiro atoms. The van der Waals surface area contributed by atoms with Crippen LogP contribution < -0.4 is 5.32 Å². The summed E-state index contributed by atoms with van der Waals surface area (Å²) in [5, 5.41) is 12.3. The van der Waals surface area contributed by atoms with Crippen molar-refractivity contribution >= 4 is 0 Å². The number of rotatable bonds is 6. The second-order valence-electron chi connectivity index (χ2n) is 5.64. The Balaban J connectivity index is 1.62. The fourth-order valence-corrected chi connectivity index (χ4v) is 2.46. The largest absolute Gasteiger partial charge is 0.401 e. The van der Waals surface area contributed by atoms with Crippen LogP contribution in [-0.2, 0) is 0 Å². The molecule has 1 atom stereocenters. The van der Waals surface area contributed by atoms with Crippen LogP contribution in [-0.4, -0.2) is 67.3 Å². The monoisotopic (exact) mass is 290 g/mol. The molecular weight excluding hydrogens is 269 g/mol. The molecule has 114 valence electrons. The maximum absolute atomic E-state index is 12.3. The highest BCUT2D eigenvalue weighted by atomic mass is 19.4. The molecule has 1 N–H and O–H groups in total. The van der Waals surface area contributed by atoms with Crippen LogP contribution in [0.5, 0.6) is 0 Å². The first-order chi connectivity index (χ1) is 9.46. The van der Waals surface area contributed by atoms with Crippen molar-refractivity contribution in [3.8, 4) is 6.07 Å². The second kappa shape index (κ2) is 6.74. The molecule has 1 unspecified atom stereocenters. The first-order valence-corrected chi connectivity index (χ1v) is 7.13. The van der Waals surface area contributed by atoms with E-state index >= 15 is 0 Å². The van der Waals surface area contributed by atoms with Gasteiger partial charge in [0.15, 0.2) is 0 Å². The lowest BCUT2D eigenvalue weighted by Gasteiger charge is -2.35. The van der Waals surface area contributed by atoms with Gasteiger partial charge in [0.2, 0.25) is 0 Å². The standard InChI is InChI=1S/C13H21F3N4/c14-13(15,16)10-20-7-5-19(6-8-20)4-3-12(9-17)18-11-1-2-11/h11-12,18H,1-8,10H2. The number of hydrogen-bond donors (Lipinski definition) is 1. The molecule has 2 fully saturated rings. The molecular formula is C13H21F3N4. The topological polar surface area (TPSA) is 42.3 Å². The number of nitrogens with one attached hydrogen (secondary N) is 1. The van der Waals surface area contributed by atoms with Crippen molar-refractivity contribution in [3.63, 3.8) is 0 Å². The summed E-state index contributed by atoms with van der Waals surface area (Å²) in [5.74, 6) is 0. The molecule has 0 amide bonds. The third kappa shape index (κ3) is 5.65. The predicted octanol–water partition coefficient (Wildman–Crippen LogP) is 1.20. The summed E-state index contributed by atoms with van der Waals surface area (Å²) in [6.07, 6.45) is -1.07. The highest BCUT2D eigenvalue weighted by Crippen LogP contribution is 2.20. The first kappa shape index (κ1) is 15.5. The van der Waals surface area contributed by atoms with Gasteiger partial charge in [0.25, 0.3) is 0 Å². The maximum Gasteiger partial charge on any atom is 0.401 e. The lowest BCUT2D eigenvalue weighted by molar-refractivity contribution is -0.149. The summed E-state index contributed by atoms with van der Waals surface area (Å²) in [5.41, 5.74) is 0. The van der Waals surface area contributed by atoms with E-state index in [1.807, 2.05) is 0 Å². The molecule has 0 radical (unpaired) electrons. The second-order valence-corrected chi connectivity index (χ2v) is 5.64. The van der Waals surface area contributed by atoms with Gasteiger partial charge in [-0.1, -0.05) is 0 Å². The first-order valence-electron chi connectivity index (χ1n) is 7.13. The van der Waals surface area contributed by atoms with Crippen LogP contribution in [0.1, 0.15) is 19.3 Å². The minimum Gasteiger partial charge on any atom is -0.301 e. The van der Waals surface area contributed by atoms with E-state index in [4.69, 9.17) is 5.26 Å². The van der Waals surface area contributed by atoms with E-state index in [0.29, 0.717) is 32.2 Å². The van der Waals surface area contributed by atoms with Gasteiger partial charge in [0, 0.05) is 38.8 Å². The molecule has 4 nitrogen and oxygen atoms in total. The lowest BCUT2D eigenvalue weighted by atomic mass is 10.2. The average molecular weight is 290 g/mol. The van der Waals surface area contributed by atoms with Gasteiger partial charge in [-0.15, -0.1) is 0 Å². The molecule has 2 rings (SSSR count).